The first-order chi connectivity index (χ1) is 12.4. The van der Waals surface area contributed by atoms with Crippen LogP contribution >= 0.6 is 11.8 Å². The number of thioether (sulfide) groups is 1. The highest BCUT2D eigenvalue weighted by molar-refractivity contribution is 7.99. The molecule has 0 atom stereocenters. The number of halogens is 1. The lowest BCUT2D eigenvalue weighted by Gasteiger charge is -2.11. The number of aromatic nitrogens is 4. The molecule has 0 fully saturated rings. The molecule has 3 aromatic rings. The second-order valence-corrected chi connectivity index (χ2v) is 7.19. The fraction of sp³-hybridized carbons (Fsp3) is 0.412. The third-order valence-corrected chi connectivity index (χ3v) is 4.69. The van der Waals surface area contributed by atoms with Gasteiger partial charge in [0.05, 0.1) is 16.7 Å². The van der Waals surface area contributed by atoms with Crippen molar-refractivity contribution in [3.63, 3.8) is 0 Å². The number of carbonyl (C=O) groups excluding carboxylic acids is 1. The Labute approximate surface area is 153 Å². The van der Waals surface area contributed by atoms with Crippen molar-refractivity contribution in [3.8, 4) is 0 Å². The standard InChI is InChI=1S/C17H20FN5O2S/c1-4-7-22-15(25)12-8-11(18)5-6-13(12)23-16(22)20-21-17(23)26-9-14(24)19-10(2)3/h5-6,8,10H,4,7,9H2,1-3H3,(H,19,24). The van der Waals surface area contributed by atoms with Gasteiger partial charge in [-0.05, 0) is 38.5 Å². The summed E-state index contributed by atoms with van der Waals surface area (Å²) in [5.74, 6) is -0.0218. The average molecular weight is 377 g/mol. The largest absolute Gasteiger partial charge is 0.353 e. The molecule has 0 aliphatic heterocycles. The first kappa shape index (κ1) is 18.4. The highest BCUT2D eigenvalue weighted by Crippen LogP contribution is 2.22. The summed E-state index contributed by atoms with van der Waals surface area (Å²) < 4.78 is 16.9. The smallest absolute Gasteiger partial charge is 0.262 e. The van der Waals surface area contributed by atoms with Gasteiger partial charge in [0.1, 0.15) is 5.82 Å². The molecule has 0 spiro atoms. The van der Waals surface area contributed by atoms with E-state index in [1.807, 2.05) is 20.8 Å². The lowest BCUT2D eigenvalue weighted by atomic mass is 10.2. The van der Waals surface area contributed by atoms with Crippen LogP contribution in [0.3, 0.4) is 0 Å². The predicted molar refractivity (Wildman–Crippen MR) is 99.0 cm³/mol. The van der Waals surface area contributed by atoms with Crippen molar-refractivity contribution in [3.05, 3.63) is 34.4 Å². The number of nitrogens with zero attached hydrogens (tertiary/aromatic N) is 4. The van der Waals surface area contributed by atoms with Crippen LogP contribution in [-0.4, -0.2) is 36.9 Å². The molecule has 0 aliphatic rings. The van der Waals surface area contributed by atoms with Crippen molar-refractivity contribution in [2.45, 2.75) is 44.9 Å². The number of fused-ring (bicyclic) bond motifs is 3. The van der Waals surface area contributed by atoms with Gasteiger partial charge in [0, 0.05) is 12.6 Å². The zero-order chi connectivity index (χ0) is 18.8. The highest BCUT2D eigenvalue weighted by atomic mass is 32.2. The fourth-order valence-corrected chi connectivity index (χ4v) is 3.52. The Bertz CT molecular complexity index is 1030. The van der Waals surface area contributed by atoms with Crippen LogP contribution in [-0.2, 0) is 11.3 Å². The lowest BCUT2D eigenvalue weighted by molar-refractivity contribution is -0.119. The fourth-order valence-electron chi connectivity index (χ4n) is 2.77. The minimum absolute atomic E-state index is 0.0526. The Hall–Kier alpha value is -2.42. The first-order valence-corrected chi connectivity index (χ1v) is 9.40. The maximum absolute atomic E-state index is 13.7. The lowest BCUT2D eigenvalue weighted by Crippen LogP contribution is -2.31. The molecule has 26 heavy (non-hydrogen) atoms. The van der Waals surface area contributed by atoms with Crippen molar-refractivity contribution in [1.82, 2.24) is 24.5 Å². The molecule has 3 rings (SSSR count). The zero-order valence-electron chi connectivity index (χ0n) is 14.8. The Balaban J connectivity index is 2.13. The Morgan fingerprint density at radius 2 is 2.12 bits per heavy atom. The highest BCUT2D eigenvalue weighted by Gasteiger charge is 2.18. The molecule has 2 aromatic heterocycles. The summed E-state index contributed by atoms with van der Waals surface area (Å²) in [4.78, 5) is 24.6. The molecule has 0 unspecified atom stereocenters. The van der Waals surface area contributed by atoms with E-state index in [0.29, 0.717) is 23.0 Å². The summed E-state index contributed by atoms with van der Waals surface area (Å²) in [5.41, 5.74) is 0.228. The molecule has 2 heterocycles. The quantitative estimate of drug-likeness (QED) is 0.666. The SMILES string of the molecule is CCCn1c(=O)c2cc(F)ccc2n2c(SCC(=O)NC(C)C)nnc12. The molecule has 1 aromatic carbocycles. The van der Waals surface area contributed by atoms with E-state index in [0.717, 1.165) is 6.42 Å². The van der Waals surface area contributed by atoms with Crippen molar-refractivity contribution in [2.24, 2.45) is 0 Å². The molecule has 9 heteroatoms. The molecular formula is C17H20FN5O2S. The van der Waals surface area contributed by atoms with Crippen LogP contribution in [0.4, 0.5) is 4.39 Å². The van der Waals surface area contributed by atoms with Gasteiger partial charge in [-0.15, -0.1) is 10.2 Å². The Morgan fingerprint density at radius 3 is 2.81 bits per heavy atom. The van der Waals surface area contributed by atoms with Gasteiger partial charge in [-0.1, -0.05) is 18.7 Å². The van der Waals surface area contributed by atoms with E-state index < -0.39 is 5.82 Å². The number of nitrogens with one attached hydrogen (secondary N) is 1. The maximum Gasteiger partial charge on any atom is 0.262 e. The van der Waals surface area contributed by atoms with Gasteiger partial charge < -0.3 is 5.32 Å². The molecular weight excluding hydrogens is 357 g/mol. The second-order valence-electron chi connectivity index (χ2n) is 6.25. The number of rotatable bonds is 6. The number of amides is 1. The summed E-state index contributed by atoms with van der Waals surface area (Å²) in [6, 6.07) is 4.11. The van der Waals surface area contributed by atoms with E-state index in [-0.39, 0.29) is 28.6 Å². The van der Waals surface area contributed by atoms with Gasteiger partial charge in [-0.25, -0.2) is 4.39 Å². The molecule has 1 N–H and O–H groups in total. The first-order valence-electron chi connectivity index (χ1n) is 8.41. The van der Waals surface area contributed by atoms with E-state index in [2.05, 4.69) is 15.5 Å². The van der Waals surface area contributed by atoms with Crippen LogP contribution in [0.25, 0.3) is 16.7 Å². The molecule has 0 aliphatic carbocycles. The van der Waals surface area contributed by atoms with Crippen LogP contribution in [0.1, 0.15) is 27.2 Å². The van der Waals surface area contributed by atoms with E-state index in [1.165, 1.54) is 34.5 Å². The van der Waals surface area contributed by atoms with Crippen LogP contribution in [0, 0.1) is 5.82 Å². The number of aryl methyl sites for hydroxylation is 1. The number of hydrogen-bond donors (Lipinski definition) is 1. The number of hydrogen-bond acceptors (Lipinski definition) is 5. The van der Waals surface area contributed by atoms with Gasteiger partial charge in [0.15, 0.2) is 5.16 Å². The van der Waals surface area contributed by atoms with Crippen molar-refractivity contribution in [1.29, 1.82) is 0 Å². The molecule has 0 saturated carbocycles. The summed E-state index contributed by atoms with van der Waals surface area (Å²) in [7, 11) is 0. The van der Waals surface area contributed by atoms with Gasteiger partial charge in [0.2, 0.25) is 11.7 Å². The van der Waals surface area contributed by atoms with E-state index in [4.69, 9.17) is 0 Å². The van der Waals surface area contributed by atoms with Crippen molar-refractivity contribution in [2.75, 3.05) is 5.75 Å². The summed E-state index contributed by atoms with van der Waals surface area (Å²) in [6.45, 7) is 6.17. The third kappa shape index (κ3) is 3.44. The molecule has 0 saturated heterocycles. The van der Waals surface area contributed by atoms with E-state index in [1.54, 1.807) is 4.40 Å². The average Bonchev–Trinajstić information content (AvgIpc) is 3.00. The maximum atomic E-state index is 13.7. The van der Waals surface area contributed by atoms with Crippen LogP contribution < -0.4 is 10.9 Å². The Morgan fingerprint density at radius 1 is 1.35 bits per heavy atom. The van der Waals surface area contributed by atoms with E-state index in [9.17, 15) is 14.0 Å². The number of carbonyl (C=O) groups is 1. The van der Waals surface area contributed by atoms with Crippen LogP contribution in [0.5, 0.6) is 0 Å². The molecule has 7 nitrogen and oxygen atoms in total. The summed E-state index contributed by atoms with van der Waals surface area (Å²) in [5, 5.41) is 11.9. The Kier molecular flexibility index (Phi) is 5.26. The monoisotopic (exact) mass is 377 g/mol. The van der Waals surface area contributed by atoms with Crippen molar-refractivity contribution >= 4 is 34.3 Å². The second kappa shape index (κ2) is 7.45. The van der Waals surface area contributed by atoms with Gasteiger partial charge in [-0.2, -0.15) is 0 Å². The normalized spacial score (nSPS) is 11.6. The van der Waals surface area contributed by atoms with E-state index >= 15 is 0 Å². The summed E-state index contributed by atoms with van der Waals surface area (Å²) >= 11 is 1.23. The predicted octanol–water partition coefficient (Wildman–Crippen LogP) is 2.21. The van der Waals surface area contributed by atoms with Gasteiger partial charge in [-0.3, -0.25) is 18.6 Å². The molecule has 0 radical (unpaired) electrons. The van der Waals surface area contributed by atoms with Gasteiger partial charge >= 0.3 is 0 Å². The molecule has 138 valence electrons. The van der Waals surface area contributed by atoms with Crippen LogP contribution in [0.15, 0.2) is 28.2 Å². The van der Waals surface area contributed by atoms with Crippen molar-refractivity contribution < 1.29 is 9.18 Å². The molecule has 0 bridgehead atoms. The third-order valence-electron chi connectivity index (χ3n) is 3.76. The number of benzene rings is 1. The minimum atomic E-state index is -0.476. The topological polar surface area (TPSA) is 81.3 Å². The summed E-state index contributed by atoms with van der Waals surface area (Å²) in [6.07, 6.45) is 0.725. The van der Waals surface area contributed by atoms with Gasteiger partial charge in [0.25, 0.3) is 5.56 Å². The minimum Gasteiger partial charge on any atom is -0.353 e. The molecule has 1 amide bonds. The van der Waals surface area contributed by atoms with Crippen LogP contribution in [0.2, 0.25) is 0 Å². The zero-order valence-corrected chi connectivity index (χ0v) is 15.6.